The molecule has 1 N–H and O–H groups in total. The molecule has 1 aromatic rings. The first-order chi connectivity index (χ1) is 7.57. The summed E-state index contributed by atoms with van der Waals surface area (Å²) in [4.78, 5) is 9.76. The molecule has 0 aromatic heterocycles. The fourth-order valence-corrected chi connectivity index (χ4v) is 1.17. The lowest BCUT2D eigenvalue weighted by Gasteiger charge is -2.01. The molecule has 1 aromatic carbocycles. The predicted octanol–water partition coefficient (Wildman–Crippen LogP) is 4.07. The lowest BCUT2D eigenvalue weighted by Crippen LogP contribution is -1.91. The summed E-state index contributed by atoms with van der Waals surface area (Å²) in [5.41, 5.74) is 1.41. The molecule has 0 unspecified atom stereocenters. The number of carboxylic acid groups (broad SMARTS) is 1. The second-order valence-corrected chi connectivity index (χ2v) is 4.06. The van der Waals surface area contributed by atoms with Gasteiger partial charge in [-0.2, -0.15) is 0 Å². The monoisotopic (exact) mass is 222 g/mol. The molecule has 1 rings (SSSR count). The third-order valence-electron chi connectivity index (χ3n) is 2.21. The number of carbonyl (C=O) groups is 1. The maximum absolute atomic E-state index is 9.76. The summed E-state index contributed by atoms with van der Waals surface area (Å²) >= 11 is 0. The third kappa shape index (κ3) is 8.04. The van der Waals surface area contributed by atoms with E-state index in [4.69, 9.17) is 5.11 Å². The Morgan fingerprint density at radius 3 is 2.06 bits per heavy atom. The summed E-state index contributed by atoms with van der Waals surface area (Å²) in [6, 6.07) is 10.5. The van der Waals surface area contributed by atoms with Crippen molar-refractivity contribution in [3.05, 3.63) is 35.9 Å². The average Bonchev–Trinajstić information content (AvgIpc) is 2.28. The van der Waals surface area contributed by atoms with Gasteiger partial charge in [-0.15, -0.1) is 0 Å². The van der Waals surface area contributed by atoms with E-state index in [0.29, 0.717) is 12.3 Å². The Morgan fingerprint density at radius 1 is 1.25 bits per heavy atom. The van der Waals surface area contributed by atoms with E-state index < -0.39 is 5.97 Å². The predicted molar refractivity (Wildman–Crippen MR) is 67.7 cm³/mol. The molecule has 0 amide bonds. The summed E-state index contributed by atoms with van der Waals surface area (Å²) in [6.07, 6.45) is 2.08. The van der Waals surface area contributed by atoms with Gasteiger partial charge in [0.05, 0.1) is 0 Å². The highest BCUT2D eigenvalue weighted by Crippen LogP contribution is 2.11. The van der Waals surface area contributed by atoms with Crippen molar-refractivity contribution in [2.75, 3.05) is 0 Å². The van der Waals surface area contributed by atoms with Crippen LogP contribution in [-0.4, -0.2) is 11.1 Å². The Labute approximate surface area is 98.3 Å². The molecule has 0 aliphatic carbocycles. The van der Waals surface area contributed by atoms with Gasteiger partial charge < -0.3 is 5.11 Å². The Balaban J connectivity index is 0.000000293. The topological polar surface area (TPSA) is 37.3 Å². The average molecular weight is 222 g/mol. The molecule has 0 atom stereocenters. The Morgan fingerprint density at radius 2 is 1.81 bits per heavy atom. The highest BCUT2D eigenvalue weighted by atomic mass is 16.4. The van der Waals surface area contributed by atoms with Crippen LogP contribution < -0.4 is 0 Å². The molecule has 90 valence electrons. The zero-order chi connectivity index (χ0) is 12.4. The first-order valence-corrected chi connectivity index (χ1v) is 5.84. The van der Waals surface area contributed by atoms with Crippen LogP contribution in [0.2, 0.25) is 0 Å². The Bertz CT molecular complexity index is 278. The van der Waals surface area contributed by atoms with E-state index in [2.05, 4.69) is 38.1 Å². The van der Waals surface area contributed by atoms with Gasteiger partial charge in [0, 0.05) is 6.42 Å². The molecule has 0 saturated carbocycles. The van der Waals surface area contributed by atoms with Gasteiger partial charge in [-0.3, -0.25) is 4.79 Å². The SMILES string of the molecule is CC(C)c1ccccc1.CCCCC(=O)O. The number of hydrogen-bond acceptors (Lipinski definition) is 1. The number of hydrogen-bond donors (Lipinski definition) is 1. The maximum atomic E-state index is 9.76. The van der Waals surface area contributed by atoms with Gasteiger partial charge in [-0.1, -0.05) is 57.5 Å². The molecular weight excluding hydrogens is 200 g/mol. The molecule has 0 saturated heterocycles. The molecule has 2 heteroatoms. The van der Waals surface area contributed by atoms with Crippen molar-refractivity contribution in [1.82, 2.24) is 0 Å². The van der Waals surface area contributed by atoms with Crippen molar-refractivity contribution in [3.8, 4) is 0 Å². The zero-order valence-corrected chi connectivity index (χ0v) is 10.4. The van der Waals surface area contributed by atoms with Crippen molar-refractivity contribution >= 4 is 5.97 Å². The summed E-state index contributed by atoms with van der Waals surface area (Å²) < 4.78 is 0. The number of carboxylic acids is 1. The minimum absolute atomic E-state index is 0.316. The van der Waals surface area contributed by atoms with Crippen LogP contribution in [0.15, 0.2) is 30.3 Å². The van der Waals surface area contributed by atoms with E-state index >= 15 is 0 Å². The maximum Gasteiger partial charge on any atom is 0.303 e. The minimum Gasteiger partial charge on any atom is -0.481 e. The van der Waals surface area contributed by atoms with Crippen molar-refractivity contribution in [1.29, 1.82) is 0 Å². The summed E-state index contributed by atoms with van der Waals surface area (Å²) in [7, 11) is 0. The normalized spacial score (nSPS) is 9.50. The fraction of sp³-hybridized carbons (Fsp3) is 0.500. The second-order valence-electron chi connectivity index (χ2n) is 4.06. The van der Waals surface area contributed by atoms with Crippen LogP contribution in [0.1, 0.15) is 51.5 Å². The van der Waals surface area contributed by atoms with Crippen LogP contribution in [0.25, 0.3) is 0 Å². The highest BCUT2D eigenvalue weighted by Gasteiger charge is 1.93. The van der Waals surface area contributed by atoms with Crippen molar-refractivity contribution < 1.29 is 9.90 Å². The van der Waals surface area contributed by atoms with Crippen LogP contribution in [0.3, 0.4) is 0 Å². The van der Waals surface area contributed by atoms with E-state index in [1.54, 1.807) is 0 Å². The molecule has 2 nitrogen and oxygen atoms in total. The zero-order valence-electron chi connectivity index (χ0n) is 10.4. The first-order valence-electron chi connectivity index (χ1n) is 5.84. The van der Waals surface area contributed by atoms with Crippen LogP contribution in [0.5, 0.6) is 0 Å². The fourth-order valence-electron chi connectivity index (χ4n) is 1.17. The lowest BCUT2D eigenvalue weighted by molar-refractivity contribution is -0.137. The van der Waals surface area contributed by atoms with Gasteiger partial charge in [0.15, 0.2) is 0 Å². The molecule has 0 fully saturated rings. The third-order valence-corrected chi connectivity index (χ3v) is 2.21. The number of unbranched alkanes of at least 4 members (excludes halogenated alkanes) is 1. The summed E-state index contributed by atoms with van der Waals surface area (Å²) in [6.45, 7) is 6.38. The van der Waals surface area contributed by atoms with Crippen molar-refractivity contribution in [2.24, 2.45) is 0 Å². The number of aliphatic carboxylic acids is 1. The largest absolute Gasteiger partial charge is 0.481 e. The number of rotatable bonds is 4. The van der Waals surface area contributed by atoms with Gasteiger partial charge in [-0.25, -0.2) is 0 Å². The first kappa shape index (κ1) is 14.7. The molecule has 16 heavy (non-hydrogen) atoms. The van der Waals surface area contributed by atoms with Crippen molar-refractivity contribution in [2.45, 2.75) is 46.0 Å². The molecule has 0 bridgehead atoms. The van der Waals surface area contributed by atoms with Gasteiger partial charge in [0.1, 0.15) is 0 Å². The Hall–Kier alpha value is -1.31. The van der Waals surface area contributed by atoms with E-state index in [-0.39, 0.29) is 0 Å². The summed E-state index contributed by atoms with van der Waals surface area (Å²) in [5.74, 6) is -0.0342. The van der Waals surface area contributed by atoms with E-state index in [1.807, 2.05) is 13.0 Å². The molecule has 0 spiro atoms. The van der Waals surface area contributed by atoms with Gasteiger partial charge in [-0.05, 0) is 17.9 Å². The van der Waals surface area contributed by atoms with Crippen LogP contribution in [-0.2, 0) is 4.79 Å². The van der Waals surface area contributed by atoms with Gasteiger partial charge in [0.25, 0.3) is 0 Å². The molecule has 0 heterocycles. The van der Waals surface area contributed by atoms with Crippen molar-refractivity contribution in [3.63, 3.8) is 0 Å². The van der Waals surface area contributed by atoms with Crippen LogP contribution >= 0.6 is 0 Å². The number of benzene rings is 1. The smallest absolute Gasteiger partial charge is 0.303 e. The highest BCUT2D eigenvalue weighted by molar-refractivity contribution is 5.66. The van der Waals surface area contributed by atoms with E-state index in [9.17, 15) is 4.79 Å². The van der Waals surface area contributed by atoms with Gasteiger partial charge >= 0.3 is 5.97 Å². The lowest BCUT2D eigenvalue weighted by atomic mass is 10.0. The second kappa shape index (κ2) is 8.96. The standard InChI is InChI=1S/C9H12.C5H10O2/c1-8(2)9-6-4-3-5-7-9;1-2-3-4-5(6)7/h3-8H,1-2H3;2-4H2,1H3,(H,6,7). The quantitative estimate of drug-likeness (QED) is 0.833. The van der Waals surface area contributed by atoms with Gasteiger partial charge in [0.2, 0.25) is 0 Å². The summed E-state index contributed by atoms with van der Waals surface area (Å²) in [5, 5.41) is 8.04. The molecule has 0 radical (unpaired) electrons. The van der Waals surface area contributed by atoms with E-state index in [1.165, 1.54) is 5.56 Å². The van der Waals surface area contributed by atoms with Crippen LogP contribution in [0, 0.1) is 0 Å². The molecule has 0 aliphatic rings. The minimum atomic E-state index is -0.693. The molecular formula is C14H22O2. The molecule has 0 aliphatic heterocycles. The Kier molecular flexibility index (Phi) is 8.22. The van der Waals surface area contributed by atoms with E-state index in [0.717, 1.165) is 12.8 Å². The van der Waals surface area contributed by atoms with Crippen LogP contribution in [0.4, 0.5) is 0 Å².